The Hall–Kier alpha value is -1.80. The van der Waals surface area contributed by atoms with Gasteiger partial charge in [0, 0.05) is 23.2 Å². The molecule has 2 aromatic carbocycles. The topological polar surface area (TPSA) is 36.0 Å². The van der Waals surface area contributed by atoms with Gasteiger partial charge in [-0.05, 0) is 41.8 Å². The monoisotopic (exact) mass is 225 g/mol. The van der Waals surface area contributed by atoms with Crippen LogP contribution >= 0.6 is 0 Å². The number of fused-ring (bicyclic) bond motifs is 2. The lowest BCUT2D eigenvalue weighted by Gasteiger charge is -2.00. The zero-order valence-electron chi connectivity index (χ0n) is 9.83. The number of benzene rings is 2. The molecule has 2 nitrogen and oxygen atoms in total. The third kappa shape index (κ3) is 1.61. The van der Waals surface area contributed by atoms with E-state index in [-0.39, 0.29) is 6.61 Å². The minimum absolute atomic E-state index is 0.195. The summed E-state index contributed by atoms with van der Waals surface area (Å²) in [5.41, 5.74) is 3.54. The Morgan fingerprint density at radius 3 is 2.53 bits per heavy atom. The molecule has 2 N–H and O–H groups in total. The van der Waals surface area contributed by atoms with Gasteiger partial charge in [0.2, 0.25) is 0 Å². The lowest BCUT2D eigenvalue weighted by Crippen LogP contribution is -1.91. The van der Waals surface area contributed by atoms with E-state index in [1.54, 1.807) is 0 Å². The van der Waals surface area contributed by atoms with Crippen molar-refractivity contribution in [2.75, 3.05) is 6.61 Å². The van der Waals surface area contributed by atoms with Gasteiger partial charge in [0.25, 0.3) is 0 Å². The van der Waals surface area contributed by atoms with E-state index in [0.717, 1.165) is 11.2 Å². The number of aromatic amines is 1. The molecule has 3 rings (SSSR count). The van der Waals surface area contributed by atoms with Crippen LogP contribution in [0, 0.1) is 6.92 Å². The summed E-state index contributed by atoms with van der Waals surface area (Å²) < 4.78 is 0. The van der Waals surface area contributed by atoms with Gasteiger partial charge in [-0.15, -0.1) is 0 Å². The van der Waals surface area contributed by atoms with Crippen LogP contribution in [0.1, 0.15) is 11.3 Å². The van der Waals surface area contributed by atoms with E-state index in [4.69, 9.17) is 5.11 Å². The lowest BCUT2D eigenvalue weighted by atomic mass is 10.0. The summed E-state index contributed by atoms with van der Waals surface area (Å²) in [6.45, 7) is 2.26. The van der Waals surface area contributed by atoms with Gasteiger partial charge in [-0.3, -0.25) is 0 Å². The van der Waals surface area contributed by atoms with Crippen molar-refractivity contribution in [3.05, 3.63) is 47.7 Å². The van der Waals surface area contributed by atoms with Crippen molar-refractivity contribution in [2.45, 2.75) is 13.3 Å². The Balaban J connectivity index is 2.36. The van der Waals surface area contributed by atoms with Crippen LogP contribution in [-0.2, 0) is 6.42 Å². The zero-order valence-corrected chi connectivity index (χ0v) is 9.83. The smallest absolute Gasteiger partial charge is 0.0472 e. The van der Waals surface area contributed by atoms with E-state index in [2.05, 4.69) is 48.3 Å². The van der Waals surface area contributed by atoms with Crippen molar-refractivity contribution in [1.29, 1.82) is 0 Å². The summed E-state index contributed by atoms with van der Waals surface area (Å²) in [6.07, 6.45) is 0.712. The van der Waals surface area contributed by atoms with Gasteiger partial charge in [0.1, 0.15) is 0 Å². The van der Waals surface area contributed by atoms with Gasteiger partial charge in [-0.1, -0.05) is 24.3 Å². The maximum absolute atomic E-state index is 9.12. The third-order valence-electron chi connectivity index (χ3n) is 3.35. The molecule has 17 heavy (non-hydrogen) atoms. The Bertz CT molecular complexity index is 682. The average Bonchev–Trinajstić information content (AvgIpc) is 2.63. The molecule has 0 radical (unpaired) electrons. The van der Waals surface area contributed by atoms with Gasteiger partial charge in [0.05, 0.1) is 0 Å². The van der Waals surface area contributed by atoms with E-state index in [9.17, 15) is 0 Å². The summed E-state index contributed by atoms with van der Waals surface area (Å²) in [7, 11) is 0. The van der Waals surface area contributed by atoms with Gasteiger partial charge in [0.15, 0.2) is 0 Å². The van der Waals surface area contributed by atoms with Crippen LogP contribution in [0.15, 0.2) is 36.4 Å². The zero-order chi connectivity index (χ0) is 11.8. The van der Waals surface area contributed by atoms with Crippen LogP contribution in [-0.4, -0.2) is 16.7 Å². The number of hydrogen-bond acceptors (Lipinski definition) is 1. The van der Waals surface area contributed by atoms with Crippen LogP contribution in [0.5, 0.6) is 0 Å². The van der Waals surface area contributed by atoms with E-state index < -0.39 is 0 Å². The highest BCUT2D eigenvalue weighted by molar-refractivity contribution is 5.98. The first kappa shape index (κ1) is 10.4. The van der Waals surface area contributed by atoms with Gasteiger partial charge < -0.3 is 10.1 Å². The van der Waals surface area contributed by atoms with Crippen LogP contribution in [0.3, 0.4) is 0 Å². The quantitative estimate of drug-likeness (QED) is 0.690. The molecule has 3 aromatic rings. The first-order chi connectivity index (χ1) is 8.29. The second-order valence-electron chi connectivity index (χ2n) is 4.45. The number of aliphatic hydroxyl groups is 1. The molecular weight excluding hydrogens is 210 g/mol. The fourth-order valence-electron chi connectivity index (χ4n) is 2.51. The minimum Gasteiger partial charge on any atom is -0.396 e. The van der Waals surface area contributed by atoms with E-state index >= 15 is 0 Å². The second kappa shape index (κ2) is 3.90. The van der Waals surface area contributed by atoms with Crippen molar-refractivity contribution >= 4 is 21.7 Å². The lowest BCUT2D eigenvalue weighted by molar-refractivity contribution is 0.300. The molecule has 0 bridgehead atoms. The van der Waals surface area contributed by atoms with Crippen molar-refractivity contribution in [3.63, 3.8) is 0 Å². The fraction of sp³-hybridized carbons (Fsp3) is 0.200. The van der Waals surface area contributed by atoms with Crippen molar-refractivity contribution in [2.24, 2.45) is 0 Å². The number of aromatic nitrogens is 1. The molecule has 2 heteroatoms. The Morgan fingerprint density at radius 2 is 1.82 bits per heavy atom. The van der Waals surface area contributed by atoms with E-state index in [1.807, 2.05) is 0 Å². The van der Waals surface area contributed by atoms with Gasteiger partial charge >= 0.3 is 0 Å². The van der Waals surface area contributed by atoms with Crippen molar-refractivity contribution < 1.29 is 5.11 Å². The molecule has 0 fully saturated rings. The Morgan fingerprint density at radius 1 is 1.12 bits per heavy atom. The number of hydrogen-bond donors (Lipinski definition) is 2. The highest BCUT2D eigenvalue weighted by atomic mass is 16.2. The molecule has 1 heterocycles. The number of nitrogens with one attached hydrogen (secondary N) is 1. The predicted molar refractivity (Wildman–Crippen MR) is 71.3 cm³/mol. The van der Waals surface area contributed by atoms with Crippen LogP contribution in [0.2, 0.25) is 0 Å². The van der Waals surface area contributed by atoms with Crippen LogP contribution in [0.4, 0.5) is 0 Å². The summed E-state index contributed by atoms with van der Waals surface area (Å²) in [5.74, 6) is 0. The molecule has 0 aliphatic heterocycles. The standard InChI is InChI=1S/C15H15NO/c1-10-13(6-7-17)14-8-11-4-2-3-5-12(11)9-15(14)16-10/h2-5,8-9,16-17H,6-7H2,1H3. The maximum Gasteiger partial charge on any atom is 0.0472 e. The molecule has 0 unspecified atom stereocenters. The van der Waals surface area contributed by atoms with Gasteiger partial charge in [-0.25, -0.2) is 0 Å². The largest absolute Gasteiger partial charge is 0.396 e. The highest BCUT2D eigenvalue weighted by Crippen LogP contribution is 2.27. The second-order valence-corrected chi connectivity index (χ2v) is 4.45. The summed E-state index contributed by atoms with van der Waals surface area (Å²) in [6, 6.07) is 12.7. The SMILES string of the molecule is Cc1[nH]c2cc3ccccc3cc2c1CCO. The van der Waals surface area contributed by atoms with Crippen molar-refractivity contribution in [3.8, 4) is 0 Å². The van der Waals surface area contributed by atoms with Gasteiger partial charge in [-0.2, -0.15) is 0 Å². The maximum atomic E-state index is 9.12. The predicted octanol–water partition coefficient (Wildman–Crippen LogP) is 3.16. The van der Waals surface area contributed by atoms with Crippen LogP contribution in [0.25, 0.3) is 21.7 Å². The summed E-state index contributed by atoms with van der Waals surface area (Å²) >= 11 is 0. The molecule has 1 aromatic heterocycles. The normalized spacial score (nSPS) is 11.4. The Labute approximate surface area is 99.9 Å². The highest BCUT2D eigenvalue weighted by Gasteiger charge is 2.08. The number of aryl methyl sites for hydroxylation is 1. The number of rotatable bonds is 2. The molecule has 0 aliphatic rings. The molecule has 0 atom stereocenters. The molecule has 0 saturated carbocycles. The number of H-pyrrole nitrogens is 1. The molecular formula is C15H15NO. The molecule has 0 aliphatic carbocycles. The number of aliphatic hydroxyl groups excluding tert-OH is 1. The summed E-state index contributed by atoms with van der Waals surface area (Å²) in [4.78, 5) is 3.39. The fourth-order valence-corrected chi connectivity index (χ4v) is 2.51. The summed E-state index contributed by atoms with van der Waals surface area (Å²) in [5, 5.41) is 12.8. The average molecular weight is 225 g/mol. The minimum atomic E-state index is 0.195. The molecule has 0 saturated heterocycles. The van der Waals surface area contributed by atoms with E-state index in [0.29, 0.717) is 6.42 Å². The first-order valence-electron chi connectivity index (χ1n) is 5.90. The van der Waals surface area contributed by atoms with E-state index in [1.165, 1.54) is 21.7 Å². The third-order valence-corrected chi connectivity index (χ3v) is 3.35. The molecule has 86 valence electrons. The first-order valence-corrected chi connectivity index (χ1v) is 5.90. The van der Waals surface area contributed by atoms with Crippen molar-refractivity contribution in [1.82, 2.24) is 4.98 Å². The molecule has 0 amide bonds. The Kier molecular flexibility index (Phi) is 2.37. The van der Waals surface area contributed by atoms with Crippen LogP contribution < -0.4 is 0 Å². The molecule has 0 spiro atoms.